The van der Waals surface area contributed by atoms with Gasteiger partial charge in [0.1, 0.15) is 5.82 Å². The molecule has 140 valence electrons. The predicted molar refractivity (Wildman–Crippen MR) is 99.5 cm³/mol. The van der Waals surface area contributed by atoms with Crippen molar-refractivity contribution in [1.82, 2.24) is 25.8 Å². The smallest absolute Gasteiger partial charge is 0.272 e. The Hall–Kier alpha value is -2.19. The van der Waals surface area contributed by atoms with Gasteiger partial charge < -0.3 is 20.3 Å². The molecule has 2 fully saturated rings. The number of rotatable bonds is 5. The van der Waals surface area contributed by atoms with Crippen molar-refractivity contribution in [2.45, 2.75) is 37.8 Å². The number of piperidine rings is 1. The van der Waals surface area contributed by atoms with Gasteiger partial charge >= 0.3 is 0 Å². The van der Waals surface area contributed by atoms with Crippen LogP contribution in [0.25, 0.3) is 11.0 Å². The van der Waals surface area contributed by atoms with Gasteiger partial charge in [0.25, 0.3) is 5.91 Å². The van der Waals surface area contributed by atoms with Crippen LogP contribution in [0.3, 0.4) is 0 Å². The highest BCUT2D eigenvalue weighted by Crippen LogP contribution is 2.26. The van der Waals surface area contributed by atoms with Crippen LogP contribution < -0.4 is 15.5 Å². The van der Waals surface area contributed by atoms with Gasteiger partial charge in [-0.25, -0.2) is 4.98 Å². The van der Waals surface area contributed by atoms with Gasteiger partial charge in [-0.3, -0.25) is 9.89 Å². The number of amides is 1. The molecule has 2 aromatic heterocycles. The number of carbonyl (C=O) groups is 1. The largest absolute Gasteiger partial charge is 0.383 e. The first kappa shape index (κ1) is 17.2. The molecular weight excluding hydrogens is 332 g/mol. The van der Waals surface area contributed by atoms with E-state index in [1.54, 1.807) is 7.11 Å². The molecule has 0 aromatic carbocycles. The van der Waals surface area contributed by atoms with Crippen molar-refractivity contribution in [2.75, 3.05) is 38.3 Å². The normalized spacial score (nSPS) is 21.4. The molecule has 4 heterocycles. The maximum Gasteiger partial charge on any atom is 0.272 e. The van der Waals surface area contributed by atoms with E-state index in [1.165, 1.54) is 0 Å². The number of methoxy groups -OCH3 is 1. The molecule has 2 aliphatic heterocycles. The maximum absolute atomic E-state index is 12.6. The van der Waals surface area contributed by atoms with Crippen LogP contribution in [0, 0.1) is 0 Å². The fourth-order valence-corrected chi connectivity index (χ4v) is 3.95. The molecule has 0 bridgehead atoms. The number of hydrogen-bond acceptors (Lipinski definition) is 6. The van der Waals surface area contributed by atoms with E-state index >= 15 is 0 Å². The van der Waals surface area contributed by atoms with Gasteiger partial charge in [-0.2, -0.15) is 5.10 Å². The van der Waals surface area contributed by atoms with Gasteiger partial charge in [0.05, 0.1) is 18.0 Å². The zero-order chi connectivity index (χ0) is 17.9. The lowest BCUT2D eigenvalue weighted by molar-refractivity contribution is 0.0926. The molecule has 8 nitrogen and oxygen atoms in total. The van der Waals surface area contributed by atoms with Crippen molar-refractivity contribution in [3.63, 3.8) is 0 Å². The van der Waals surface area contributed by atoms with Gasteiger partial charge in [-0.05, 0) is 50.9 Å². The summed E-state index contributed by atoms with van der Waals surface area (Å²) in [5.41, 5.74) is 1.08. The number of hydrogen-bond donors (Lipinski definition) is 3. The first-order valence-corrected chi connectivity index (χ1v) is 9.38. The lowest BCUT2D eigenvalue weighted by Gasteiger charge is -2.25. The summed E-state index contributed by atoms with van der Waals surface area (Å²) < 4.78 is 5.33. The van der Waals surface area contributed by atoms with Crippen LogP contribution in [0.1, 0.15) is 36.2 Å². The molecule has 2 aliphatic rings. The van der Waals surface area contributed by atoms with Crippen LogP contribution in [-0.4, -0.2) is 66.5 Å². The molecule has 0 saturated carbocycles. The first-order chi connectivity index (χ1) is 12.8. The van der Waals surface area contributed by atoms with Crippen molar-refractivity contribution in [3.05, 3.63) is 17.8 Å². The number of anilines is 1. The lowest BCUT2D eigenvalue weighted by atomic mass is 10.1. The second kappa shape index (κ2) is 7.59. The van der Waals surface area contributed by atoms with Gasteiger partial charge in [0, 0.05) is 19.7 Å². The Morgan fingerprint density at radius 2 is 2.19 bits per heavy atom. The third-order valence-electron chi connectivity index (χ3n) is 5.33. The first-order valence-electron chi connectivity index (χ1n) is 9.38. The van der Waals surface area contributed by atoms with E-state index in [1.807, 2.05) is 12.1 Å². The maximum atomic E-state index is 12.6. The fourth-order valence-electron chi connectivity index (χ4n) is 3.95. The molecule has 26 heavy (non-hydrogen) atoms. The van der Waals surface area contributed by atoms with Crippen LogP contribution in [0.4, 0.5) is 5.82 Å². The molecular formula is C18H26N6O2. The van der Waals surface area contributed by atoms with E-state index in [9.17, 15) is 4.79 Å². The Kier molecular flexibility index (Phi) is 5.03. The summed E-state index contributed by atoms with van der Waals surface area (Å²) >= 11 is 0. The molecule has 0 unspecified atom stereocenters. The summed E-state index contributed by atoms with van der Waals surface area (Å²) in [6.07, 6.45) is 4.15. The zero-order valence-corrected chi connectivity index (χ0v) is 15.1. The van der Waals surface area contributed by atoms with Crippen molar-refractivity contribution in [3.8, 4) is 0 Å². The highest BCUT2D eigenvalue weighted by Gasteiger charge is 2.26. The number of nitrogens with zero attached hydrogens (tertiary/aromatic N) is 3. The van der Waals surface area contributed by atoms with Gasteiger partial charge in [0.2, 0.25) is 0 Å². The van der Waals surface area contributed by atoms with Crippen LogP contribution in [0.15, 0.2) is 12.1 Å². The standard InChI is InChI=1S/C18H26N6O2/c1-26-11-13-3-2-10-24(13)15-5-4-14-16(22-23-17(14)21-15)18(25)20-12-6-8-19-9-7-12/h4-5,12-13,19H,2-3,6-11H2,1H3,(H,20,25)(H,21,22,23)/t13-/m0/s1. The zero-order valence-electron chi connectivity index (χ0n) is 15.1. The Balaban J connectivity index is 1.52. The topological polar surface area (TPSA) is 95.2 Å². The van der Waals surface area contributed by atoms with Crippen LogP contribution in [0.2, 0.25) is 0 Å². The summed E-state index contributed by atoms with van der Waals surface area (Å²) in [6.45, 7) is 3.56. The third-order valence-corrected chi connectivity index (χ3v) is 5.33. The van der Waals surface area contributed by atoms with Crippen LogP contribution in [-0.2, 0) is 4.74 Å². The minimum atomic E-state index is -0.129. The second-order valence-electron chi connectivity index (χ2n) is 7.08. The number of pyridine rings is 1. The molecule has 0 aliphatic carbocycles. The van der Waals surface area contributed by atoms with E-state index in [0.717, 1.165) is 56.5 Å². The number of aromatic nitrogens is 3. The number of carbonyl (C=O) groups excluding carboxylic acids is 1. The monoisotopic (exact) mass is 358 g/mol. The lowest BCUT2D eigenvalue weighted by Crippen LogP contribution is -2.42. The molecule has 8 heteroatoms. The predicted octanol–water partition coefficient (Wildman–Crippen LogP) is 1.05. The third kappa shape index (κ3) is 3.39. The minimum Gasteiger partial charge on any atom is -0.383 e. The molecule has 0 spiro atoms. The molecule has 0 radical (unpaired) electrons. The van der Waals surface area contributed by atoms with E-state index in [4.69, 9.17) is 9.72 Å². The number of fused-ring (bicyclic) bond motifs is 1. The molecule has 1 atom stereocenters. The van der Waals surface area contributed by atoms with Gasteiger partial charge in [-0.1, -0.05) is 0 Å². The van der Waals surface area contributed by atoms with Crippen molar-refractivity contribution >= 4 is 22.8 Å². The van der Waals surface area contributed by atoms with E-state index in [2.05, 4.69) is 25.7 Å². The highest BCUT2D eigenvalue weighted by molar-refractivity contribution is 6.04. The second-order valence-corrected chi connectivity index (χ2v) is 7.08. The minimum absolute atomic E-state index is 0.129. The average Bonchev–Trinajstić information content (AvgIpc) is 3.29. The highest BCUT2D eigenvalue weighted by atomic mass is 16.5. The molecule has 2 aromatic rings. The van der Waals surface area contributed by atoms with Gasteiger partial charge in [-0.15, -0.1) is 0 Å². The summed E-state index contributed by atoms with van der Waals surface area (Å²) in [4.78, 5) is 19.6. The Bertz CT molecular complexity index is 770. The molecule has 4 rings (SSSR count). The number of ether oxygens (including phenoxy) is 1. The summed E-state index contributed by atoms with van der Waals surface area (Å²) in [5, 5.41) is 14.3. The number of H-pyrrole nitrogens is 1. The fraction of sp³-hybridized carbons (Fsp3) is 0.611. The number of nitrogens with one attached hydrogen (secondary N) is 3. The van der Waals surface area contributed by atoms with E-state index < -0.39 is 0 Å². The molecule has 1 amide bonds. The summed E-state index contributed by atoms with van der Waals surface area (Å²) in [5.74, 6) is 0.780. The van der Waals surface area contributed by atoms with E-state index in [0.29, 0.717) is 24.0 Å². The average molecular weight is 358 g/mol. The SMILES string of the molecule is COC[C@@H]1CCCN1c1ccc2c(C(=O)NC3CCNCC3)n[nH]c2n1. The molecule has 3 N–H and O–H groups in total. The number of aromatic amines is 1. The van der Waals surface area contributed by atoms with Crippen LogP contribution >= 0.6 is 0 Å². The molecule has 2 saturated heterocycles. The quantitative estimate of drug-likeness (QED) is 0.740. The Morgan fingerprint density at radius 1 is 1.35 bits per heavy atom. The summed E-state index contributed by atoms with van der Waals surface area (Å²) in [7, 11) is 1.73. The van der Waals surface area contributed by atoms with E-state index in [-0.39, 0.29) is 11.9 Å². The van der Waals surface area contributed by atoms with Crippen molar-refractivity contribution < 1.29 is 9.53 Å². The van der Waals surface area contributed by atoms with Gasteiger partial charge in [0.15, 0.2) is 11.3 Å². The van der Waals surface area contributed by atoms with Crippen molar-refractivity contribution in [2.24, 2.45) is 0 Å². The Morgan fingerprint density at radius 3 is 3.00 bits per heavy atom. The summed E-state index contributed by atoms with van der Waals surface area (Å²) in [6, 6.07) is 4.49. The van der Waals surface area contributed by atoms with Crippen molar-refractivity contribution in [1.29, 1.82) is 0 Å². The Labute approximate surface area is 152 Å². The van der Waals surface area contributed by atoms with Crippen LogP contribution in [0.5, 0.6) is 0 Å².